The lowest BCUT2D eigenvalue weighted by atomic mass is 10.1. The van der Waals surface area contributed by atoms with Gasteiger partial charge in [-0.05, 0) is 30.4 Å². The van der Waals surface area contributed by atoms with Gasteiger partial charge >= 0.3 is 5.97 Å². The Bertz CT molecular complexity index is 962. The van der Waals surface area contributed by atoms with E-state index in [1.165, 1.54) is 24.3 Å². The number of carbonyl (C=O) groups excluding carboxylic acids is 2. The molecule has 0 unspecified atom stereocenters. The summed E-state index contributed by atoms with van der Waals surface area (Å²) in [5.41, 5.74) is 0.956. The molecule has 3 nitrogen and oxygen atoms in total. The summed E-state index contributed by atoms with van der Waals surface area (Å²) in [5, 5.41) is 0. The van der Waals surface area contributed by atoms with Gasteiger partial charge in [-0.3, -0.25) is 4.79 Å². The Morgan fingerprint density at radius 2 is 1.46 bits per heavy atom. The second kappa shape index (κ2) is 8.03. The average Bonchev–Trinajstić information content (AvgIpc) is 2.68. The van der Waals surface area contributed by atoms with Crippen LogP contribution in [0.3, 0.4) is 0 Å². The number of rotatable bonds is 5. The third kappa shape index (κ3) is 4.11. The van der Waals surface area contributed by atoms with Gasteiger partial charge in [0, 0.05) is 11.1 Å². The number of hydrogen-bond acceptors (Lipinski definition) is 3. The molecule has 3 rings (SSSR count). The Labute approximate surface area is 150 Å². The standard InChI is InChI=1S/C22H15FO3/c23-19-12-6-5-11-18(19)22(25)26-21-13-7-4-10-17(21)14-15-20(24)16-8-2-1-3-9-16/h1-15H/b15-14+. The van der Waals surface area contributed by atoms with Gasteiger partial charge in [0.2, 0.25) is 0 Å². The van der Waals surface area contributed by atoms with Gasteiger partial charge in [-0.2, -0.15) is 0 Å². The first-order chi connectivity index (χ1) is 12.6. The van der Waals surface area contributed by atoms with Crippen LogP contribution in [0.1, 0.15) is 26.3 Å². The molecule has 3 aromatic rings. The molecule has 0 amide bonds. The zero-order valence-corrected chi connectivity index (χ0v) is 13.8. The van der Waals surface area contributed by atoms with Gasteiger partial charge in [0.05, 0.1) is 5.56 Å². The number of carbonyl (C=O) groups is 2. The maximum absolute atomic E-state index is 13.7. The quantitative estimate of drug-likeness (QED) is 0.284. The van der Waals surface area contributed by atoms with E-state index in [4.69, 9.17) is 4.74 Å². The molecule has 0 atom stereocenters. The summed E-state index contributed by atoms with van der Waals surface area (Å²) < 4.78 is 19.0. The molecule has 0 bridgehead atoms. The molecular formula is C22H15FO3. The lowest BCUT2D eigenvalue weighted by Crippen LogP contribution is -2.11. The van der Waals surface area contributed by atoms with Crippen LogP contribution in [-0.2, 0) is 0 Å². The largest absolute Gasteiger partial charge is 0.422 e. The minimum atomic E-state index is -0.793. The first-order valence-corrected chi connectivity index (χ1v) is 7.98. The highest BCUT2D eigenvalue weighted by Gasteiger charge is 2.14. The van der Waals surface area contributed by atoms with Gasteiger partial charge in [0.25, 0.3) is 0 Å². The zero-order valence-electron chi connectivity index (χ0n) is 13.8. The lowest BCUT2D eigenvalue weighted by molar-refractivity contribution is 0.0729. The molecule has 0 aliphatic rings. The van der Waals surface area contributed by atoms with Crippen LogP contribution in [0.15, 0.2) is 84.9 Å². The molecule has 0 N–H and O–H groups in total. The van der Waals surface area contributed by atoms with E-state index in [2.05, 4.69) is 0 Å². The van der Waals surface area contributed by atoms with E-state index >= 15 is 0 Å². The van der Waals surface area contributed by atoms with Crippen LogP contribution in [0.25, 0.3) is 6.08 Å². The smallest absolute Gasteiger partial charge is 0.346 e. The van der Waals surface area contributed by atoms with Crippen LogP contribution in [-0.4, -0.2) is 11.8 Å². The molecule has 4 heteroatoms. The molecule has 0 saturated heterocycles. The van der Waals surface area contributed by atoms with Gasteiger partial charge in [-0.25, -0.2) is 9.18 Å². The maximum atomic E-state index is 13.7. The van der Waals surface area contributed by atoms with E-state index in [0.717, 1.165) is 0 Å². The van der Waals surface area contributed by atoms with Crippen LogP contribution in [0.5, 0.6) is 5.75 Å². The summed E-state index contributed by atoms with van der Waals surface area (Å²) in [6.07, 6.45) is 2.98. The van der Waals surface area contributed by atoms with Gasteiger partial charge in [-0.1, -0.05) is 60.7 Å². The van der Waals surface area contributed by atoms with Gasteiger partial charge in [0.15, 0.2) is 5.78 Å². The second-order valence-electron chi connectivity index (χ2n) is 5.47. The van der Waals surface area contributed by atoms with Crippen molar-refractivity contribution in [2.45, 2.75) is 0 Å². The summed E-state index contributed by atoms with van der Waals surface area (Å²) in [6, 6.07) is 21.2. The monoisotopic (exact) mass is 346 g/mol. The van der Waals surface area contributed by atoms with E-state index in [0.29, 0.717) is 11.1 Å². The van der Waals surface area contributed by atoms with Gasteiger partial charge in [-0.15, -0.1) is 0 Å². The fourth-order valence-electron chi connectivity index (χ4n) is 2.36. The topological polar surface area (TPSA) is 43.4 Å². The third-order valence-electron chi connectivity index (χ3n) is 3.69. The predicted octanol–water partition coefficient (Wildman–Crippen LogP) is 4.94. The highest BCUT2D eigenvalue weighted by atomic mass is 19.1. The second-order valence-corrected chi connectivity index (χ2v) is 5.47. The van der Waals surface area contributed by atoms with Crippen molar-refractivity contribution in [1.82, 2.24) is 0 Å². The number of para-hydroxylation sites is 1. The molecule has 0 aliphatic carbocycles. The number of esters is 1. The molecule has 0 aliphatic heterocycles. The summed E-state index contributed by atoms with van der Waals surface area (Å²) in [4.78, 5) is 24.4. The van der Waals surface area contributed by atoms with Crippen molar-refractivity contribution in [2.75, 3.05) is 0 Å². The Balaban J connectivity index is 1.80. The first kappa shape index (κ1) is 17.3. The molecule has 3 aromatic carbocycles. The molecule has 0 saturated carbocycles. The normalized spacial score (nSPS) is 10.7. The molecule has 26 heavy (non-hydrogen) atoms. The summed E-state index contributed by atoms with van der Waals surface area (Å²) >= 11 is 0. The van der Waals surface area contributed by atoms with Crippen molar-refractivity contribution in [3.05, 3.63) is 107 Å². The Hall–Kier alpha value is -3.53. The van der Waals surface area contributed by atoms with Crippen molar-refractivity contribution in [3.63, 3.8) is 0 Å². The molecule has 0 fully saturated rings. The van der Waals surface area contributed by atoms with Crippen molar-refractivity contribution >= 4 is 17.8 Å². The minimum Gasteiger partial charge on any atom is -0.422 e. The molecule has 0 heterocycles. The maximum Gasteiger partial charge on any atom is 0.346 e. The summed E-state index contributed by atoms with van der Waals surface area (Å²) in [5.74, 6) is -1.36. The van der Waals surface area contributed by atoms with Crippen LogP contribution >= 0.6 is 0 Å². The Kier molecular flexibility index (Phi) is 5.34. The predicted molar refractivity (Wildman–Crippen MR) is 97.6 cm³/mol. The number of halogens is 1. The van der Waals surface area contributed by atoms with Gasteiger partial charge < -0.3 is 4.74 Å². The molecule has 0 radical (unpaired) electrons. The minimum absolute atomic E-state index is 0.147. The molecular weight excluding hydrogens is 331 g/mol. The zero-order chi connectivity index (χ0) is 18.4. The summed E-state index contributed by atoms with van der Waals surface area (Å²) in [6.45, 7) is 0. The SMILES string of the molecule is O=C(/C=C/c1ccccc1OC(=O)c1ccccc1F)c1ccccc1. The van der Waals surface area contributed by atoms with Crippen molar-refractivity contribution in [2.24, 2.45) is 0 Å². The molecule has 0 spiro atoms. The third-order valence-corrected chi connectivity index (χ3v) is 3.69. The molecule has 0 aromatic heterocycles. The lowest BCUT2D eigenvalue weighted by Gasteiger charge is -2.08. The fraction of sp³-hybridized carbons (Fsp3) is 0. The van der Waals surface area contributed by atoms with Gasteiger partial charge in [0.1, 0.15) is 11.6 Å². The number of allylic oxidation sites excluding steroid dienone is 1. The van der Waals surface area contributed by atoms with E-state index in [1.54, 1.807) is 60.7 Å². The number of benzene rings is 3. The Morgan fingerprint density at radius 3 is 2.23 bits per heavy atom. The van der Waals surface area contributed by atoms with Crippen molar-refractivity contribution in [1.29, 1.82) is 0 Å². The Morgan fingerprint density at radius 1 is 0.808 bits per heavy atom. The average molecular weight is 346 g/mol. The highest BCUT2D eigenvalue weighted by molar-refractivity contribution is 6.07. The van der Waals surface area contributed by atoms with Crippen LogP contribution in [0.2, 0.25) is 0 Å². The van der Waals surface area contributed by atoms with E-state index in [-0.39, 0.29) is 17.1 Å². The highest BCUT2D eigenvalue weighted by Crippen LogP contribution is 2.22. The van der Waals surface area contributed by atoms with E-state index in [1.807, 2.05) is 6.07 Å². The van der Waals surface area contributed by atoms with Crippen LogP contribution in [0, 0.1) is 5.82 Å². The summed E-state index contributed by atoms with van der Waals surface area (Å²) in [7, 11) is 0. The molecule has 128 valence electrons. The first-order valence-electron chi connectivity index (χ1n) is 7.98. The number of ketones is 1. The van der Waals surface area contributed by atoms with Crippen LogP contribution < -0.4 is 4.74 Å². The van der Waals surface area contributed by atoms with Crippen LogP contribution in [0.4, 0.5) is 4.39 Å². The number of ether oxygens (including phenoxy) is 1. The van der Waals surface area contributed by atoms with Crippen molar-refractivity contribution in [3.8, 4) is 5.75 Å². The number of hydrogen-bond donors (Lipinski definition) is 0. The van der Waals surface area contributed by atoms with Crippen molar-refractivity contribution < 1.29 is 18.7 Å². The van der Waals surface area contributed by atoms with E-state index < -0.39 is 11.8 Å². The fourth-order valence-corrected chi connectivity index (χ4v) is 2.36. The van der Waals surface area contributed by atoms with E-state index in [9.17, 15) is 14.0 Å².